The van der Waals surface area contributed by atoms with E-state index in [1.54, 1.807) is 0 Å². The van der Waals surface area contributed by atoms with Crippen LogP contribution in [-0.4, -0.2) is 31.9 Å². The molecule has 1 unspecified atom stereocenters. The second kappa shape index (κ2) is 8.37. The summed E-state index contributed by atoms with van der Waals surface area (Å²) in [5.41, 5.74) is 2.44. The van der Waals surface area contributed by atoms with E-state index in [1.165, 1.54) is 26.2 Å². The summed E-state index contributed by atoms with van der Waals surface area (Å²) >= 11 is 12.0. The Hall–Kier alpha value is -2.32. The Balaban J connectivity index is 2.49. The molecule has 26 heavy (non-hydrogen) atoms. The molecule has 1 heterocycles. The van der Waals surface area contributed by atoms with Gasteiger partial charge in [-0.15, -0.1) is 0 Å². The number of carbonyl (C=O) groups is 2. The number of hydroxylamine groups is 1. The number of hydrogen-bond donors (Lipinski definition) is 1. The second-order valence-electron chi connectivity index (χ2n) is 5.16. The van der Waals surface area contributed by atoms with Gasteiger partial charge in [0.2, 0.25) is 0 Å². The zero-order chi connectivity index (χ0) is 19.4. The zero-order valence-electron chi connectivity index (χ0n) is 14.1. The van der Waals surface area contributed by atoms with Gasteiger partial charge >= 0.3 is 11.9 Å². The maximum absolute atomic E-state index is 14.7. The average Bonchev–Trinajstić information content (AvgIpc) is 2.60. The van der Waals surface area contributed by atoms with Crippen molar-refractivity contribution in [3.05, 3.63) is 39.3 Å². The van der Waals surface area contributed by atoms with Gasteiger partial charge in [0.25, 0.3) is 0 Å². The van der Waals surface area contributed by atoms with Gasteiger partial charge in [0.1, 0.15) is 0 Å². The smallest absolute Gasteiger partial charge is 0.357 e. The van der Waals surface area contributed by atoms with E-state index in [2.05, 4.69) is 15.2 Å². The van der Waals surface area contributed by atoms with Crippen LogP contribution >= 0.6 is 23.2 Å². The third-order valence-electron chi connectivity index (χ3n) is 3.49. The Morgan fingerprint density at radius 3 is 2.58 bits per heavy atom. The third-order valence-corrected chi connectivity index (χ3v) is 4.20. The van der Waals surface area contributed by atoms with Crippen LogP contribution in [0, 0.1) is 5.82 Å². The minimum absolute atomic E-state index is 0.0360. The van der Waals surface area contributed by atoms with E-state index in [1.807, 2.05) is 0 Å². The molecule has 0 spiro atoms. The minimum Gasteiger partial charge on any atom is -0.492 e. The molecule has 1 aromatic carbocycles. The van der Waals surface area contributed by atoms with Gasteiger partial charge in [-0.25, -0.2) is 14.7 Å². The van der Waals surface area contributed by atoms with Crippen molar-refractivity contribution in [1.82, 2.24) is 5.48 Å². The van der Waals surface area contributed by atoms with Crippen LogP contribution in [0.3, 0.4) is 0 Å². The van der Waals surface area contributed by atoms with Crippen molar-refractivity contribution in [3.8, 4) is 5.75 Å². The summed E-state index contributed by atoms with van der Waals surface area (Å²) in [7, 11) is 2.44. The number of hydrogen-bond acceptors (Lipinski definition) is 7. The van der Waals surface area contributed by atoms with Crippen molar-refractivity contribution < 1.29 is 28.3 Å². The molecule has 0 aliphatic carbocycles. The number of methoxy groups -OCH3 is 2. The molecule has 1 aliphatic rings. The Kier molecular flexibility index (Phi) is 6.44. The molecule has 1 N–H and O–H groups in total. The fourth-order valence-corrected chi connectivity index (χ4v) is 2.78. The molecule has 0 fully saturated rings. The lowest BCUT2D eigenvalue weighted by atomic mass is 9.98. The summed E-state index contributed by atoms with van der Waals surface area (Å²) in [5, 5.41) is 0.00394. The summed E-state index contributed by atoms with van der Waals surface area (Å²) in [6, 6.07) is 2.02. The van der Waals surface area contributed by atoms with Crippen molar-refractivity contribution in [2.45, 2.75) is 19.4 Å². The standard InChI is InChI=1S/C16H15Cl2FN2O5/c1-7(22)26-21-11-6-10(20-14(12(11)18)16(23)25-3)8-4-5-9(17)15(24-2)13(8)19/h4-5,10,21H,6H2,1-3H3. The van der Waals surface area contributed by atoms with Crippen LogP contribution in [-0.2, 0) is 19.2 Å². The monoisotopic (exact) mass is 404 g/mol. The van der Waals surface area contributed by atoms with Crippen molar-refractivity contribution in [2.24, 2.45) is 4.99 Å². The predicted molar refractivity (Wildman–Crippen MR) is 92.6 cm³/mol. The van der Waals surface area contributed by atoms with Crippen LogP contribution in [0.4, 0.5) is 4.39 Å². The summed E-state index contributed by atoms with van der Waals surface area (Å²) < 4.78 is 24.3. The SMILES string of the molecule is COC(=O)C1=NC(c2ccc(Cl)c(OC)c2F)CC(NOC(C)=O)=C1Cl. The molecule has 0 amide bonds. The van der Waals surface area contributed by atoms with Crippen LogP contribution in [0.5, 0.6) is 5.75 Å². The van der Waals surface area contributed by atoms with E-state index in [0.717, 1.165) is 7.11 Å². The summed E-state index contributed by atoms with van der Waals surface area (Å²) in [6.07, 6.45) is 0.0360. The first-order valence-electron chi connectivity index (χ1n) is 7.30. The van der Waals surface area contributed by atoms with Gasteiger partial charge in [-0.1, -0.05) is 29.3 Å². The van der Waals surface area contributed by atoms with E-state index in [4.69, 9.17) is 32.8 Å². The molecule has 0 saturated carbocycles. The highest BCUT2D eigenvalue weighted by Crippen LogP contribution is 2.38. The number of halogens is 3. The van der Waals surface area contributed by atoms with Gasteiger partial charge < -0.3 is 14.3 Å². The van der Waals surface area contributed by atoms with Gasteiger partial charge in [-0.3, -0.25) is 9.79 Å². The molecule has 1 aliphatic heterocycles. The molecule has 0 radical (unpaired) electrons. The first kappa shape index (κ1) is 20.0. The van der Waals surface area contributed by atoms with Gasteiger partial charge in [0.05, 0.1) is 36.0 Å². The molecule has 1 atom stereocenters. The van der Waals surface area contributed by atoms with E-state index in [0.29, 0.717) is 0 Å². The molecule has 0 bridgehead atoms. The molecular formula is C16H15Cl2FN2O5. The summed E-state index contributed by atoms with van der Waals surface area (Å²) in [5.74, 6) is -2.31. The van der Waals surface area contributed by atoms with Crippen LogP contribution in [0.1, 0.15) is 24.9 Å². The number of dihydropyridines is 1. The molecule has 0 saturated heterocycles. The Morgan fingerprint density at radius 1 is 1.31 bits per heavy atom. The Morgan fingerprint density at radius 2 is 2.00 bits per heavy atom. The van der Waals surface area contributed by atoms with Crippen LogP contribution in [0.25, 0.3) is 0 Å². The number of carbonyl (C=O) groups excluding carboxylic acids is 2. The summed E-state index contributed by atoms with van der Waals surface area (Å²) in [4.78, 5) is 31.9. The predicted octanol–water partition coefficient (Wildman–Crippen LogP) is 3.06. The van der Waals surface area contributed by atoms with Crippen LogP contribution < -0.4 is 10.2 Å². The maximum atomic E-state index is 14.7. The zero-order valence-corrected chi connectivity index (χ0v) is 15.6. The van der Waals surface area contributed by atoms with Crippen LogP contribution in [0.2, 0.25) is 5.02 Å². The van der Waals surface area contributed by atoms with Crippen LogP contribution in [0.15, 0.2) is 27.9 Å². The number of esters is 1. The molecule has 7 nitrogen and oxygen atoms in total. The average molecular weight is 405 g/mol. The molecule has 2 rings (SSSR count). The van der Waals surface area contributed by atoms with Crippen molar-refractivity contribution in [3.63, 3.8) is 0 Å². The quantitative estimate of drug-likeness (QED) is 0.599. The highest BCUT2D eigenvalue weighted by Gasteiger charge is 2.31. The van der Waals surface area contributed by atoms with E-state index in [9.17, 15) is 14.0 Å². The van der Waals surface area contributed by atoms with E-state index in [-0.39, 0.29) is 39.2 Å². The third kappa shape index (κ3) is 4.08. The highest BCUT2D eigenvalue weighted by molar-refractivity contribution is 6.58. The first-order valence-corrected chi connectivity index (χ1v) is 8.06. The topological polar surface area (TPSA) is 86.2 Å². The van der Waals surface area contributed by atoms with E-state index < -0.39 is 23.8 Å². The van der Waals surface area contributed by atoms with E-state index >= 15 is 0 Å². The number of aliphatic imine (C=N–C) groups is 1. The number of nitrogens with zero attached hydrogens (tertiary/aromatic N) is 1. The molecule has 10 heteroatoms. The number of ether oxygens (including phenoxy) is 2. The fraction of sp³-hybridized carbons (Fsp3) is 0.312. The number of rotatable bonds is 5. The van der Waals surface area contributed by atoms with Crippen molar-refractivity contribution >= 4 is 40.9 Å². The molecule has 140 valence electrons. The summed E-state index contributed by atoms with van der Waals surface area (Å²) in [6.45, 7) is 1.18. The Labute approximate surface area is 158 Å². The largest absolute Gasteiger partial charge is 0.492 e. The second-order valence-corrected chi connectivity index (χ2v) is 5.95. The fourth-order valence-electron chi connectivity index (χ4n) is 2.31. The molecule has 1 aromatic rings. The van der Waals surface area contributed by atoms with Gasteiger partial charge in [-0.2, -0.15) is 0 Å². The first-order chi connectivity index (χ1) is 12.3. The maximum Gasteiger partial charge on any atom is 0.357 e. The minimum atomic E-state index is -0.851. The number of benzene rings is 1. The Bertz CT molecular complexity index is 810. The van der Waals surface area contributed by atoms with Crippen molar-refractivity contribution in [2.75, 3.05) is 14.2 Å². The van der Waals surface area contributed by atoms with Gasteiger partial charge in [0, 0.05) is 18.9 Å². The number of nitrogens with one attached hydrogen (secondary N) is 1. The lowest BCUT2D eigenvalue weighted by molar-refractivity contribution is -0.146. The van der Waals surface area contributed by atoms with Gasteiger partial charge in [-0.05, 0) is 6.07 Å². The van der Waals surface area contributed by atoms with Crippen molar-refractivity contribution in [1.29, 1.82) is 0 Å². The normalized spacial score (nSPS) is 16.7. The van der Waals surface area contributed by atoms with Gasteiger partial charge in [0.15, 0.2) is 17.3 Å². The molecular weight excluding hydrogens is 390 g/mol. The molecule has 0 aromatic heterocycles. The lowest BCUT2D eigenvalue weighted by Gasteiger charge is -2.24. The lowest BCUT2D eigenvalue weighted by Crippen LogP contribution is -2.28. The highest BCUT2D eigenvalue weighted by atomic mass is 35.5.